The summed E-state index contributed by atoms with van der Waals surface area (Å²) in [5, 5.41) is 3.15. The Morgan fingerprint density at radius 1 is 1.24 bits per heavy atom. The molecule has 0 saturated carbocycles. The van der Waals surface area contributed by atoms with Gasteiger partial charge in [-0.05, 0) is 76.0 Å². The molecule has 0 unspecified atom stereocenters. The molecule has 5 heteroatoms. The highest BCUT2D eigenvalue weighted by molar-refractivity contribution is 14.0. The van der Waals surface area contributed by atoms with Gasteiger partial charge in [-0.25, -0.2) is 0 Å². The van der Waals surface area contributed by atoms with Crippen LogP contribution in [0.1, 0.15) is 30.4 Å². The lowest BCUT2D eigenvalue weighted by molar-refractivity contribution is 0.336. The summed E-state index contributed by atoms with van der Waals surface area (Å²) in [6, 6.07) is 6.23. The van der Waals surface area contributed by atoms with Gasteiger partial charge in [-0.15, -0.1) is 24.0 Å². The maximum Gasteiger partial charge on any atom is 0.193 e. The van der Waals surface area contributed by atoms with Gasteiger partial charge in [0.25, 0.3) is 0 Å². The quantitative estimate of drug-likeness (QED) is 0.344. The van der Waals surface area contributed by atoms with Gasteiger partial charge < -0.3 is 16.0 Å². The second-order valence-corrected chi connectivity index (χ2v) is 5.59. The van der Waals surface area contributed by atoms with Crippen molar-refractivity contribution in [1.29, 1.82) is 0 Å². The van der Waals surface area contributed by atoms with E-state index in [9.17, 15) is 0 Å². The molecule has 21 heavy (non-hydrogen) atoms. The van der Waals surface area contributed by atoms with Crippen molar-refractivity contribution in [3.05, 3.63) is 29.3 Å². The van der Waals surface area contributed by atoms with Gasteiger partial charge in [-0.1, -0.05) is 6.07 Å². The molecule has 1 aromatic rings. The fraction of sp³-hybridized carbons (Fsp3) is 0.562. The normalized spacial score (nSPS) is 15.8. The van der Waals surface area contributed by atoms with E-state index in [0.29, 0.717) is 5.96 Å². The van der Waals surface area contributed by atoms with Crippen molar-refractivity contribution >= 4 is 35.6 Å². The Morgan fingerprint density at radius 3 is 2.62 bits per heavy atom. The average Bonchev–Trinajstić information content (AvgIpc) is 2.92. The first kappa shape index (κ1) is 18.2. The summed E-state index contributed by atoms with van der Waals surface area (Å²) in [6.45, 7) is 8.64. The molecule has 0 aliphatic carbocycles. The van der Waals surface area contributed by atoms with Gasteiger partial charge in [0.2, 0.25) is 0 Å². The molecule has 118 valence electrons. The van der Waals surface area contributed by atoms with Crippen LogP contribution in [0, 0.1) is 13.8 Å². The van der Waals surface area contributed by atoms with Gasteiger partial charge >= 0.3 is 0 Å². The minimum atomic E-state index is 0. The summed E-state index contributed by atoms with van der Waals surface area (Å²) in [5.74, 6) is 0.509. The third-order valence-corrected chi connectivity index (χ3v) is 3.89. The number of halogens is 1. The topological polar surface area (TPSA) is 53.6 Å². The molecule has 1 fully saturated rings. The first-order valence-corrected chi connectivity index (χ1v) is 7.52. The lowest BCUT2D eigenvalue weighted by atomic mass is 10.1. The van der Waals surface area contributed by atoms with Crippen molar-refractivity contribution < 1.29 is 0 Å². The fourth-order valence-corrected chi connectivity index (χ4v) is 2.51. The van der Waals surface area contributed by atoms with E-state index in [0.717, 1.165) is 25.2 Å². The third-order valence-electron chi connectivity index (χ3n) is 3.89. The first-order valence-electron chi connectivity index (χ1n) is 7.52. The molecule has 1 heterocycles. The average molecular weight is 402 g/mol. The summed E-state index contributed by atoms with van der Waals surface area (Å²) in [5.41, 5.74) is 9.47. The van der Waals surface area contributed by atoms with Gasteiger partial charge in [0.1, 0.15) is 0 Å². The standard InChI is InChI=1S/C16H26N4.HI/c1-13-6-7-15(12-14(13)2)19-16(17)18-8-5-11-20-9-3-4-10-20;/h6-7,12H,3-5,8-11H2,1-2H3,(H3,17,18,19);1H. The second-order valence-electron chi connectivity index (χ2n) is 5.59. The molecule has 1 saturated heterocycles. The molecule has 0 bridgehead atoms. The number of nitrogens with zero attached hydrogens (tertiary/aromatic N) is 2. The molecule has 0 amide bonds. The highest BCUT2D eigenvalue weighted by Crippen LogP contribution is 2.13. The van der Waals surface area contributed by atoms with Crippen molar-refractivity contribution in [3.8, 4) is 0 Å². The molecule has 0 aromatic heterocycles. The molecule has 0 radical (unpaired) electrons. The largest absolute Gasteiger partial charge is 0.370 e. The predicted octanol–water partition coefficient (Wildman–Crippen LogP) is 3.13. The zero-order chi connectivity index (χ0) is 14.4. The number of rotatable bonds is 5. The van der Waals surface area contributed by atoms with Crippen LogP contribution < -0.4 is 11.1 Å². The molecule has 3 N–H and O–H groups in total. The minimum Gasteiger partial charge on any atom is -0.370 e. The number of nitrogens with one attached hydrogen (secondary N) is 1. The molecular weight excluding hydrogens is 375 g/mol. The highest BCUT2D eigenvalue weighted by atomic mass is 127. The zero-order valence-electron chi connectivity index (χ0n) is 13.1. The fourth-order valence-electron chi connectivity index (χ4n) is 2.51. The Kier molecular flexibility index (Phi) is 8.03. The number of aliphatic imine (C=N–C) groups is 1. The molecule has 1 aliphatic rings. The van der Waals surface area contributed by atoms with Gasteiger partial charge in [0, 0.05) is 12.2 Å². The van der Waals surface area contributed by atoms with Crippen LogP contribution in [0.15, 0.2) is 23.2 Å². The van der Waals surface area contributed by atoms with Gasteiger partial charge in [-0.3, -0.25) is 4.99 Å². The number of guanidine groups is 1. The Labute approximate surface area is 145 Å². The molecule has 0 spiro atoms. The van der Waals surface area contributed by atoms with E-state index in [1.807, 2.05) is 6.07 Å². The van der Waals surface area contributed by atoms with Crippen molar-refractivity contribution in [3.63, 3.8) is 0 Å². The van der Waals surface area contributed by atoms with Crippen LogP contribution in [-0.4, -0.2) is 37.0 Å². The molecule has 0 atom stereocenters. The van der Waals surface area contributed by atoms with Crippen molar-refractivity contribution in [2.45, 2.75) is 33.1 Å². The van der Waals surface area contributed by atoms with Gasteiger partial charge in [0.05, 0.1) is 0 Å². The van der Waals surface area contributed by atoms with Gasteiger partial charge in [0.15, 0.2) is 5.96 Å². The highest BCUT2D eigenvalue weighted by Gasteiger charge is 2.09. The van der Waals surface area contributed by atoms with Crippen molar-refractivity contribution in [2.24, 2.45) is 10.7 Å². The Morgan fingerprint density at radius 2 is 1.95 bits per heavy atom. The maximum atomic E-state index is 5.91. The van der Waals surface area contributed by atoms with Crippen LogP contribution in [0.4, 0.5) is 5.69 Å². The molecular formula is C16H27IN4. The van der Waals surface area contributed by atoms with Gasteiger partial charge in [-0.2, -0.15) is 0 Å². The summed E-state index contributed by atoms with van der Waals surface area (Å²) in [4.78, 5) is 6.89. The van der Waals surface area contributed by atoms with Crippen LogP contribution in [0.2, 0.25) is 0 Å². The Hall–Kier alpha value is -0.820. The van der Waals surface area contributed by atoms with Crippen molar-refractivity contribution in [2.75, 3.05) is 31.5 Å². The maximum absolute atomic E-state index is 5.91. The third kappa shape index (κ3) is 6.22. The molecule has 1 aromatic carbocycles. The van der Waals surface area contributed by atoms with E-state index in [1.165, 1.54) is 37.1 Å². The van der Waals surface area contributed by atoms with Crippen LogP contribution in [0.5, 0.6) is 0 Å². The van der Waals surface area contributed by atoms with E-state index in [2.05, 4.69) is 41.2 Å². The Balaban J connectivity index is 0.00000220. The van der Waals surface area contributed by atoms with E-state index in [1.54, 1.807) is 0 Å². The molecule has 2 rings (SSSR count). The summed E-state index contributed by atoms with van der Waals surface area (Å²) in [6.07, 6.45) is 3.77. The number of hydrogen-bond donors (Lipinski definition) is 2. The number of likely N-dealkylation sites (tertiary alicyclic amines) is 1. The lowest BCUT2D eigenvalue weighted by Crippen LogP contribution is -2.24. The van der Waals surface area contributed by atoms with Crippen LogP contribution in [0.3, 0.4) is 0 Å². The van der Waals surface area contributed by atoms with Crippen LogP contribution in [0.25, 0.3) is 0 Å². The monoisotopic (exact) mass is 402 g/mol. The van der Waals surface area contributed by atoms with E-state index >= 15 is 0 Å². The van der Waals surface area contributed by atoms with E-state index < -0.39 is 0 Å². The molecule has 4 nitrogen and oxygen atoms in total. The van der Waals surface area contributed by atoms with Crippen LogP contribution >= 0.6 is 24.0 Å². The smallest absolute Gasteiger partial charge is 0.193 e. The van der Waals surface area contributed by atoms with E-state index in [-0.39, 0.29) is 24.0 Å². The van der Waals surface area contributed by atoms with Crippen LogP contribution in [-0.2, 0) is 0 Å². The number of aryl methyl sites for hydroxylation is 2. The summed E-state index contributed by atoms with van der Waals surface area (Å²) >= 11 is 0. The summed E-state index contributed by atoms with van der Waals surface area (Å²) < 4.78 is 0. The SMILES string of the molecule is Cc1ccc(NC(N)=NCCCN2CCCC2)cc1C.I. The molecule has 1 aliphatic heterocycles. The first-order chi connectivity index (χ1) is 9.65. The predicted molar refractivity (Wildman–Crippen MR) is 102 cm³/mol. The minimum absolute atomic E-state index is 0. The lowest BCUT2D eigenvalue weighted by Gasteiger charge is -2.13. The number of anilines is 1. The summed E-state index contributed by atoms with van der Waals surface area (Å²) in [7, 11) is 0. The number of benzene rings is 1. The second kappa shape index (κ2) is 9.25. The Bertz CT molecular complexity index is 467. The number of hydrogen-bond acceptors (Lipinski definition) is 2. The van der Waals surface area contributed by atoms with E-state index in [4.69, 9.17) is 5.73 Å². The van der Waals surface area contributed by atoms with Crippen molar-refractivity contribution in [1.82, 2.24) is 4.90 Å². The zero-order valence-corrected chi connectivity index (χ0v) is 15.4. The number of nitrogens with two attached hydrogens (primary N) is 1.